The molecule has 0 aromatic heterocycles. The first-order chi connectivity index (χ1) is 18.1. The maximum atomic E-state index is 13.4. The smallest absolute Gasteiger partial charge is 0.244 e. The van der Waals surface area contributed by atoms with E-state index in [0.29, 0.717) is 19.3 Å². The minimum absolute atomic E-state index is 0.110. The summed E-state index contributed by atoms with van der Waals surface area (Å²) in [6, 6.07) is 15.6. The standard InChI is InChI=1S/C29H40N4O5/c1-4-5-11-23(18-26(34)33-38)28(36)32-25(29(37)31-24(27(30)35)15-19(2)3)17-20-10-9-14-22(16-20)21-12-7-6-8-13-21/h6-10,12-14,16,19,23-25,38H,4-5,11,15,17-18H2,1-3H3,(H2,30,35)(H,31,37)(H,32,36)(H,33,34)/t23-,24+,25+/m1/s1. The number of nitrogens with one attached hydrogen (secondary N) is 3. The van der Waals surface area contributed by atoms with Gasteiger partial charge in [0.25, 0.3) is 0 Å². The van der Waals surface area contributed by atoms with Crippen molar-refractivity contribution in [1.29, 1.82) is 0 Å². The SMILES string of the molecule is CCCC[C@H](CC(=O)NO)C(=O)N[C@@H](Cc1cccc(-c2ccccc2)c1)C(=O)N[C@@H](CC(C)C)C(N)=O. The molecule has 0 fully saturated rings. The number of nitrogens with two attached hydrogens (primary N) is 1. The third-order valence-electron chi connectivity index (χ3n) is 6.31. The summed E-state index contributed by atoms with van der Waals surface area (Å²) in [5, 5.41) is 14.5. The molecule has 9 nitrogen and oxygen atoms in total. The molecule has 0 bridgehead atoms. The summed E-state index contributed by atoms with van der Waals surface area (Å²) in [6.07, 6.45) is 2.25. The molecule has 6 N–H and O–H groups in total. The quantitative estimate of drug-likeness (QED) is 0.179. The molecular formula is C29H40N4O5. The summed E-state index contributed by atoms with van der Waals surface area (Å²) in [5.41, 5.74) is 9.89. The molecule has 2 aromatic carbocycles. The number of benzene rings is 2. The maximum Gasteiger partial charge on any atom is 0.244 e. The second-order valence-corrected chi connectivity index (χ2v) is 10.0. The molecule has 0 radical (unpaired) electrons. The van der Waals surface area contributed by atoms with Gasteiger partial charge in [-0.15, -0.1) is 0 Å². The Labute approximate surface area is 224 Å². The molecule has 0 aliphatic heterocycles. The van der Waals surface area contributed by atoms with Crippen molar-refractivity contribution in [2.75, 3.05) is 0 Å². The zero-order valence-corrected chi connectivity index (χ0v) is 22.4. The van der Waals surface area contributed by atoms with Gasteiger partial charge < -0.3 is 16.4 Å². The molecule has 3 atom stereocenters. The highest BCUT2D eigenvalue weighted by atomic mass is 16.5. The Hall–Kier alpha value is -3.72. The van der Waals surface area contributed by atoms with Crippen LogP contribution < -0.4 is 21.8 Å². The molecule has 38 heavy (non-hydrogen) atoms. The van der Waals surface area contributed by atoms with Crippen molar-refractivity contribution in [3.05, 3.63) is 60.2 Å². The Morgan fingerprint density at radius 1 is 0.895 bits per heavy atom. The van der Waals surface area contributed by atoms with E-state index in [1.165, 1.54) is 0 Å². The van der Waals surface area contributed by atoms with Gasteiger partial charge in [-0.25, -0.2) is 5.48 Å². The van der Waals surface area contributed by atoms with E-state index >= 15 is 0 Å². The summed E-state index contributed by atoms with van der Waals surface area (Å²) >= 11 is 0. The number of hydrogen-bond donors (Lipinski definition) is 5. The monoisotopic (exact) mass is 524 g/mol. The van der Waals surface area contributed by atoms with Crippen LogP contribution in [0.15, 0.2) is 54.6 Å². The lowest BCUT2D eigenvalue weighted by molar-refractivity contribution is -0.136. The van der Waals surface area contributed by atoms with Gasteiger partial charge in [0.2, 0.25) is 23.6 Å². The van der Waals surface area contributed by atoms with Gasteiger partial charge in [-0.1, -0.05) is 88.2 Å². The Bertz CT molecular complexity index is 1070. The zero-order chi connectivity index (χ0) is 28.1. The van der Waals surface area contributed by atoms with Crippen LogP contribution in [-0.4, -0.2) is 40.9 Å². The lowest BCUT2D eigenvalue weighted by Gasteiger charge is -2.25. The van der Waals surface area contributed by atoms with E-state index in [1.807, 2.05) is 75.4 Å². The van der Waals surface area contributed by atoms with Crippen LogP contribution in [0.1, 0.15) is 58.4 Å². The van der Waals surface area contributed by atoms with E-state index in [9.17, 15) is 19.2 Å². The first kappa shape index (κ1) is 30.5. The van der Waals surface area contributed by atoms with E-state index in [2.05, 4.69) is 10.6 Å². The molecule has 2 rings (SSSR count). The topological polar surface area (TPSA) is 151 Å². The van der Waals surface area contributed by atoms with E-state index in [-0.39, 0.29) is 18.8 Å². The highest BCUT2D eigenvalue weighted by molar-refractivity contribution is 5.93. The van der Waals surface area contributed by atoms with Gasteiger partial charge in [-0.05, 0) is 35.4 Å². The molecule has 0 aliphatic carbocycles. The second kappa shape index (κ2) is 15.5. The lowest BCUT2D eigenvalue weighted by atomic mass is 9.95. The Kier molecular flexibility index (Phi) is 12.5. The van der Waals surface area contributed by atoms with Crippen LogP contribution in [0.25, 0.3) is 11.1 Å². The van der Waals surface area contributed by atoms with Crippen LogP contribution in [-0.2, 0) is 25.6 Å². The highest BCUT2D eigenvalue weighted by Gasteiger charge is 2.29. The fourth-order valence-electron chi connectivity index (χ4n) is 4.28. The van der Waals surface area contributed by atoms with Crippen LogP contribution in [0.4, 0.5) is 0 Å². The van der Waals surface area contributed by atoms with Crippen molar-refractivity contribution in [3.63, 3.8) is 0 Å². The first-order valence-corrected chi connectivity index (χ1v) is 13.1. The number of unbranched alkanes of at least 4 members (excludes halogenated alkanes) is 1. The van der Waals surface area contributed by atoms with Gasteiger partial charge in [-0.2, -0.15) is 0 Å². The molecule has 0 spiro atoms. The molecule has 9 heteroatoms. The van der Waals surface area contributed by atoms with E-state index < -0.39 is 41.6 Å². The normalized spacial score (nSPS) is 13.3. The molecule has 206 valence electrons. The molecule has 4 amide bonds. The van der Waals surface area contributed by atoms with Crippen LogP contribution >= 0.6 is 0 Å². The maximum absolute atomic E-state index is 13.4. The molecule has 0 saturated carbocycles. The molecule has 0 heterocycles. The lowest BCUT2D eigenvalue weighted by Crippen LogP contribution is -2.55. The summed E-state index contributed by atoms with van der Waals surface area (Å²) in [6.45, 7) is 5.80. The van der Waals surface area contributed by atoms with Crippen molar-refractivity contribution in [2.45, 2.75) is 71.4 Å². The van der Waals surface area contributed by atoms with Crippen molar-refractivity contribution < 1.29 is 24.4 Å². The molecule has 0 saturated heterocycles. The third-order valence-corrected chi connectivity index (χ3v) is 6.31. The van der Waals surface area contributed by atoms with Gasteiger partial charge in [0.05, 0.1) is 0 Å². The highest BCUT2D eigenvalue weighted by Crippen LogP contribution is 2.21. The van der Waals surface area contributed by atoms with Crippen LogP contribution in [0.3, 0.4) is 0 Å². The summed E-state index contributed by atoms with van der Waals surface area (Å²) in [7, 11) is 0. The molecular weight excluding hydrogens is 484 g/mol. The van der Waals surface area contributed by atoms with Crippen molar-refractivity contribution >= 4 is 23.6 Å². The molecule has 0 unspecified atom stereocenters. The second-order valence-electron chi connectivity index (χ2n) is 10.0. The van der Waals surface area contributed by atoms with Crippen LogP contribution in [0.5, 0.6) is 0 Å². The van der Waals surface area contributed by atoms with Crippen LogP contribution in [0, 0.1) is 11.8 Å². The predicted octanol–water partition coefficient (Wildman–Crippen LogP) is 3.10. The average Bonchev–Trinajstić information content (AvgIpc) is 2.90. The number of carbonyl (C=O) groups excluding carboxylic acids is 4. The number of hydrogen-bond acceptors (Lipinski definition) is 5. The zero-order valence-electron chi connectivity index (χ0n) is 22.4. The van der Waals surface area contributed by atoms with Gasteiger partial charge in [-0.3, -0.25) is 24.4 Å². The van der Waals surface area contributed by atoms with Crippen molar-refractivity contribution in [3.8, 4) is 11.1 Å². The Morgan fingerprint density at radius 3 is 2.16 bits per heavy atom. The van der Waals surface area contributed by atoms with Crippen molar-refractivity contribution in [1.82, 2.24) is 16.1 Å². The summed E-state index contributed by atoms with van der Waals surface area (Å²) in [4.78, 5) is 50.5. The Balaban J connectivity index is 2.33. The van der Waals surface area contributed by atoms with Gasteiger partial charge in [0, 0.05) is 18.8 Å². The minimum Gasteiger partial charge on any atom is -0.368 e. The average molecular weight is 525 g/mol. The fourth-order valence-corrected chi connectivity index (χ4v) is 4.28. The summed E-state index contributed by atoms with van der Waals surface area (Å²) in [5.74, 6) is -2.95. The van der Waals surface area contributed by atoms with Crippen LogP contribution in [0.2, 0.25) is 0 Å². The fraction of sp³-hybridized carbons (Fsp3) is 0.448. The van der Waals surface area contributed by atoms with E-state index in [1.54, 1.807) is 5.48 Å². The number of amides is 4. The first-order valence-electron chi connectivity index (χ1n) is 13.1. The largest absolute Gasteiger partial charge is 0.368 e. The predicted molar refractivity (Wildman–Crippen MR) is 146 cm³/mol. The van der Waals surface area contributed by atoms with Gasteiger partial charge >= 0.3 is 0 Å². The minimum atomic E-state index is -1.01. The van der Waals surface area contributed by atoms with Gasteiger partial charge in [0.1, 0.15) is 12.1 Å². The number of primary amides is 1. The van der Waals surface area contributed by atoms with Gasteiger partial charge in [0.15, 0.2) is 0 Å². The number of carbonyl (C=O) groups is 4. The molecule has 0 aliphatic rings. The summed E-state index contributed by atoms with van der Waals surface area (Å²) < 4.78 is 0. The molecule has 2 aromatic rings. The van der Waals surface area contributed by atoms with Crippen molar-refractivity contribution in [2.24, 2.45) is 17.6 Å². The number of rotatable bonds is 15. The number of hydroxylamine groups is 1. The Morgan fingerprint density at radius 2 is 1.55 bits per heavy atom. The third kappa shape index (κ3) is 9.97. The van der Waals surface area contributed by atoms with E-state index in [0.717, 1.165) is 23.1 Å². The van der Waals surface area contributed by atoms with E-state index in [4.69, 9.17) is 10.9 Å².